The van der Waals surface area contributed by atoms with E-state index in [1.54, 1.807) is 12.4 Å². The van der Waals surface area contributed by atoms with Crippen molar-refractivity contribution in [2.24, 2.45) is 11.8 Å². The molecule has 3 rings (SSSR count). The van der Waals surface area contributed by atoms with Gasteiger partial charge in [-0.3, -0.25) is 4.79 Å². The van der Waals surface area contributed by atoms with E-state index in [-0.39, 0.29) is 17.9 Å². The molecule has 0 amide bonds. The molecule has 0 unspecified atom stereocenters. The third-order valence-electron chi connectivity index (χ3n) is 4.55. The van der Waals surface area contributed by atoms with Crippen molar-refractivity contribution in [2.45, 2.75) is 39.5 Å². The molecule has 0 saturated heterocycles. The first-order valence-corrected chi connectivity index (χ1v) is 8.22. The lowest BCUT2D eigenvalue weighted by molar-refractivity contribution is -0.140. The quantitative estimate of drug-likeness (QED) is 0.798. The first kappa shape index (κ1) is 15.7. The SMILES string of the molecule is Cc1ccc(-c2cnc(OC(=O)C3CCC(C)CC3)nc2)cc1. The minimum absolute atomic E-state index is 0.00780. The molecule has 120 valence electrons. The lowest BCUT2D eigenvalue weighted by Crippen LogP contribution is -2.25. The smallest absolute Gasteiger partial charge is 0.324 e. The van der Waals surface area contributed by atoms with E-state index in [0.29, 0.717) is 5.92 Å². The van der Waals surface area contributed by atoms with Gasteiger partial charge in [-0.25, -0.2) is 9.97 Å². The van der Waals surface area contributed by atoms with Crippen LogP contribution in [0, 0.1) is 18.8 Å². The normalized spacial score (nSPS) is 21.0. The molecule has 1 saturated carbocycles. The van der Waals surface area contributed by atoms with Crippen molar-refractivity contribution in [1.82, 2.24) is 9.97 Å². The summed E-state index contributed by atoms with van der Waals surface area (Å²) >= 11 is 0. The number of aromatic nitrogens is 2. The Morgan fingerprint density at radius 3 is 2.22 bits per heavy atom. The van der Waals surface area contributed by atoms with E-state index in [4.69, 9.17) is 4.74 Å². The van der Waals surface area contributed by atoms with Gasteiger partial charge in [0.15, 0.2) is 0 Å². The second-order valence-corrected chi connectivity index (χ2v) is 6.50. The first-order chi connectivity index (χ1) is 11.1. The van der Waals surface area contributed by atoms with Crippen molar-refractivity contribution in [1.29, 1.82) is 0 Å². The summed E-state index contributed by atoms with van der Waals surface area (Å²) in [5.74, 6) is 0.510. The Balaban J connectivity index is 1.63. The summed E-state index contributed by atoms with van der Waals surface area (Å²) in [5, 5.41) is 0. The van der Waals surface area contributed by atoms with Gasteiger partial charge in [-0.2, -0.15) is 0 Å². The Labute approximate surface area is 136 Å². The first-order valence-electron chi connectivity index (χ1n) is 8.22. The van der Waals surface area contributed by atoms with Crippen LogP contribution in [0.25, 0.3) is 11.1 Å². The molecule has 23 heavy (non-hydrogen) atoms. The molecule has 1 aromatic heterocycles. The van der Waals surface area contributed by atoms with Gasteiger partial charge in [-0.05, 0) is 44.1 Å². The minimum Gasteiger partial charge on any atom is -0.391 e. The van der Waals surface area contributed by atoms with E-state index in [9.17, 15) is 4.79 Å². The van der Waals surface area contributed by atoms with Crippen LogP contribution in [0.5, 0.6) is 6.01 Å². The monoisotopic (exact) mass is 310 g/mol. The number of carbonyl (C=O) groups is 1. The second kappa shape index (κ2) is 6.90. The number of esters is 1. The molecular formula is C19H22N2O2. The Hall–Kier alpha value is -2.23. The largest absolute Gasteiger partial charge is 0.391 e. The van der Waals surface area contributed by atoms with Gasteiger partial charge >= 0.3 is 12.0 Å². The van der Waals surface area contributed by atoms with E-state index >= 15 is 0 Å². The summed E-state index contributed by atoms with van der Waals surface area (Å²) in [6.45, 7) is 4.28. The number of benzene rings is 1. The van der Waals surface area contributed by atoms with Crippen LogP contribution in [0.4, 0.5) is 0 Å². The highest BCUT2D eigenvalue weighted by molar-refractivity contribution is 5.74. The zero-order valence-corrected chi connectivity index (χ0v) is 13.7. The van der Waals surface area contributed by atoms with Crippen molar-refractivity contribution < 1.29 is 9.53 Å². The van der Waals surface area contributed by atoms with Gasteiger partial charge in [0.1, 0.15) is 0 Å². The number of hydrogen-bond donors (Lipinski definition) is 0. The maximum atomic E-state index is 12.2. The number of aryl methyl sites for hydroxylation is 1. The van der Waals surface area contributed by atoms with E-state index in [0.717, 1.165) is 36.8 Å². The van der Waals surface area contributed by atoms with Crippen LogP contribution in [0.2, 0.25) is 0 Å². The molecule has 0 aliphatic heterocycles. The highest BCUT2D eigenvalue weighted by Gasteiger charge is 2.26. The topological polar surface area (TPSA) is 52.1 Å². The molecule has 0 bridgehead atoms. The van der Waals surface area contributed by atoms with Gasteiger partial charge in [0.25, 0.3) is 0 Å². The zero-order chi connectivity index (χ0) is 16.2. The molecule has 0 spiro atoms. The summed E-state index contributed by atoms with van der Waals surface area (Å²) in [4.78, 5) is 20.5. The number of nitrogens with zero attached hydrogens (tertiary/aromatic N) is 2. The molecule has 4 nitrogen and oxygen atoms in total. The summed E-state index contributed by atoms with van der Waals surface area (Å²) in [7, 11) is 0. The second-order valence-electron chi connectivity index (χ2n) is 6.50. The van der Waals surface area contributed by atoms with Gasteiger partial charge in [-0.15, -0.1) is 0 Å². The number of rotatable bonds is 3. The van der Waals surface area contributed by atoms with Crippen molar-refractivity contribution in [3.05, 3.63) is 42.2 Å². The molecule has 0 N–H and O–H groups in total. The van der Waals surface area contributed by atoms with Gasteiger partial charge in [0, 0.05) is 18.0 Å². The van der Waals surface area contributed by atoms with Crippen molar-refractivity contribution in [2.75, 3.05) is 0 Å². The van der Waals surface area contributed by atoms with Crippen LogP contribution < -0.4 is 4.74 Å². The number of hydrogen-bond acceptors (Lipinski definition) is 4. The van der Waals surface area contributed by atoms with E-state index in [2.05, 4.69) is 23.8 Å². The highest BCUT2D eigenvalue weighted by atomic mass is 16.5. The molecular weight excluding hydrogens is 288 g/mol. The fraction of sp³-hybridized carbons (Fsp3) is 0.421. The third kappa shape index (κ3) is 3.95. The van der Waals surface area contributed by atoms with Crippen LogP contribution in [0.15, 0.2) is 36.7 Å². The Bertz CT molecular complexity index is 657. The lowest BCUT2D eigenvalue weighted by atomic mass is 9.83. The molecule has 1 aliphatic rings. The standard InChI is InChI=1S/C19H22N2O2/c1-13-3-7-15(8-4-13)17-11-20-19(21-12-17)23-18(22)16-9-5-14(2)6-10-16/h3-4,7-8,11-12,14,16H,5-6,9-10H2,1-2H3. The van der Waals surface area contributed by atoms with Gasteiger partial charge in [0.2, 0.25) is 0 Å². The minimum atomic E-state index is -0.194. The maximum absolute atomic E-state index is 12.2. The zero-order valence-electron chi connectivity index (χ0n) is 13.7. The van der Waals surface area contributed by atoms with Crippen LogP contribution in [0.1, 0.15) is 38.2 Å². The molecule has 0 radical (unpaired) electrons. The molecule has 1 aliphatic carbocycles. The average molecular weight is 310 g/mol. The Kier molecular flexibility index (Phi) is 4.70. The van der Waals surface area contributed by atoms with E-state index in [1.165, 1.54) is 5.56 Å². The molecule has 1 aromatic carbocycles. The van der Waals surface area contributed by atoms with Crippen LogP contribution in [0.3, 0.4) is 0 Å². The predicted molar refractivity (Wildman–Crippen MR) is 89.0 cm³/mol. The summed E-state index contributed by atoms with van der Waals surface area (Å²) < 4.78 is 5.34. The fourth-order valence-corrected chi connectivity index (χ4v) is 2.93. The van der Waals surface area contributed by atoms with Crippen LogP contribution >= 0.6 is 0 Å². The number of ether oxygens (including phenoxy) is 1. The molecule has 1 fully saturated rings. The van der Waals surface area contributed by atoms with Gasteiger partial charge in [-0.1, -0.05) is 36.8 Å². The molecule has 4 heteroatoms. The molecule has 2 aromatic rings. The molecule has 0 atom stereocenters. The van der Waals surface area contributed by atoms with Gasteiger partial charge in [0.05, 0.1) is 5.92 Å². The van der Waals surface area contributed by atoms with Crippen molar-refractivity contribution in [3.8, 4) is 17.1 Å². The van der Waals surface area contributed by atoms with Crippen molar-refractivity contribution >= 4 is 5.97 Å². The highest BCUT2D eigenvalue weighted by Crippen LogP contribution is 2.29. The van der Waals surface area contributed by atoms with Crippen molar-refractivity contribution in [3.63, 3.8) is 0 Å². The summed E-state index contributed by atoms with van der Waals surface area (Å²) in [6, 6.07) is 8.30. The third-order valence-corrected chi connectivity index (χ3v) is 4.55. The van der Waals surface area contributed by atoms with E-state index in [1.807, 2.05) is 24.3 Å². The summed E-state index contributed by atoms with van der Waals surface area (Å²) in [5.41, 5.74) is 3.17. The fourth-order valence-electron chi connectivity index (χ4n) is 2.93. The lowest BCUT2D eigenvalue weighted by Gasteiger charge is -2.23. The molecule has 1 heterocycles. The predicted octanol–water partition coefficient (Wildman–Crippen LogP) is 4.18. The Morgan fingerprint density at radius 2 is 1.61 bits per heavy atom. The average Bonchev–Trinajstić information content (AvgIpc) is 2.57. The van der Waals surface area contributed by atoms with Crippen LogP contribution in [-0.2, 0) is 4.79 Å². The van der Waals surface area contributed by atoms with E-state index < -0.39 is 0 Å². The van der Waals surface area contributed by atoms with Gasteiger partial charge < -0.3 is 4.74 Å². The number of carbonyl (C=O) groups excluding carboxylic acids is 1. The Morgan fingerprint density at radius 1 is 1.00 bits per heavy atom. The summed E-state index contributed by atoms with van der Waals surface area (Å²) in [6.07, 6.45) is 7.38. The maximum Gasteiger partial charge on any atom is 0.324 e. The van der Waals surface area contributed by atoms with Crippen LogP contribution in [-0.4, -0.2) is 15.9 Å².